The molecule has 1 aromatic carbocycles. The zero-order valence-corrected chi connectivity index (χ0v) is 10.8. The van der Waals surface area contributed by atoms with Crippen LogP contribution < -0.4 is 11.1 Å². The molecule has 0 fully saturated rings. The number of aromatic nitrogens is 1. The first-order chi connectivity index (χ1) is 8.56. The van der Waals surface area contributed by atoms with Crippen molar-refractivity contribution in [2.75, 3.05) is 11.1 Å². The van der Waals surface area contributed by atoms with E-state index in [0.717, 1.165) is 0 Å². The van der Waals surface area contributed by atoms with Gasteiger partial charge in [0.25, 0.3) is 5.91 Å². The van der Waals surface area contributed by atoms with E-state index in [1.807, 2.05) is 0 Å². The van der Waals surface area contributed by atoms with Gasteiger partial charge >= 0.3 is 0 Å². The summed E-state index contributed by atoms with van der Waals surface area (Å²) in [6.07, 6.45) is 1.45. The number of phenols is 1. The second-order valence-electron chi connectivity index (χ2n) is 3.59. The second-order valence-corrected chi connectivity index (χ2v) is 4.50. The highest BCUT2D eigenvalue weighted by atomic mass is 79.9. The van der Waals surface area contributed by atoms with E-state index in [9.17, 15) is 9.90 Å². The molecule has 1 heterocycles. The number of amides is 1. The molecule has 0 aliphatic carbocycles. The minimum Gasteiger partial charge on any atom is -0.507 e. The first-order valence-electron chi connectivity index (χ1n) is 5.07. The molecule has 0 aliphatic heterocycles. The van der Waals surface area contributed by atoms with Gasteiger partial charge in [0.2, 0.25) is 0 Å². The molecule has 6 heteroatoms. The number of pyridine rings is 1. The maximum atomic E-state index is 11.9. The molecule has 0 bridgehead atoms. The number of rotatable bonds is 2. The van der Waals surface area contributed by atoms with Gasteiger partial charge in [0.15, 0.2) is 0 Å². The van der Waals surface area contributed by atoms with Gasteiger partial charge in [-0.1, -0.05) is 15.9 Å². The molecule has 0 saturated heterocycles. The Morgan fingerprint density at radius 2 is 2.11 bits per heavy atom. The van der Waals surface area contributed by atoms with Crippen molar-refractivity contribution in [1.29, 1.82) is 0 Å². The topological polar surface area (TPSA) is 88.2 Å². The molecule has 5 nitrogen and oxygen atoms in total. The Kier molecular flexibility index (Phi) is 3.47. The van der Waals surface area contributed by atoms with Gasteiger partial charge in [-0.3, -0.25) is 4.79 Å². The normalized spacial score (nSPS) is 10.1. The summed E-state index contributed by atoms with van der Waals surface area (Å²) in [5.41, 5.74) is 6.13. The third-order valence-corrected chi connectivity index (χ3v) is 2.74. The van der Waals surface area contributed by atoms with Crippen LogP contribution >= 0.6 is 15.9 Å². The van der Waals surface area contributed by atoms with Crippen LogP contribution in [0.1, 0.15) is 10.4 Å². The van der Waals surface area contributed by atoms with Crippen molar-refractivity contribution >= 4 is 33.3 Å². The van der Waals surface area contributed by atoms with Gasteiger partial charge < -0.3 is 16.2 Å². The minimum atomic E-state index is -0.416. The van der Waals surface area contributed by atoms with Crippen molar-refractivity contribution in [1.82, 2.24) is 4.98 Å². The number of nitrogens with zero attached hydrogens (tertiary/aromatic N) is 1. The van der Waals surface area contributed by atoms with Crippen LogP contribution in [-0.4, -0.2) is 16.0 Å². The van der Waals surface area contributed by atoms with Crippen LogP contribution in [0.25, 0.3) is 0 Å². The molecule has 2 aromatic rings. The highest BCUT2D eigenvalue weighted by Gasteiger charge is 2.11. The van der Waals surface area contributed by atoms with Gasteiger partial charge in [0.1, 0.15) is 11.6 Å². The predicted octanol–water partition coefficient (Wildman–Crippen LogP) is 2.38. The van der Waals surface area contributed by atoms with Crippen molar-refractivity contribution in [3.8, 4) is 5.75 Å². The molecule has 0 saturated carbocycles. The first-order valence-corrected chi connectivity index (χ1v) is 5.87. The Morgan fingerprint density at radius 3 is 2.78 bits per heavy atom. The highest BCUT2D eigenvalue weighted by Crippen LogP contribution is 2.22. The van der Waals surface area contributed by atoms with Crippen LogP contribution in [0.2, 0.25) is 0 Å². The molecule has 0 radical (unpaired) electrons. The maximum Gasteiger partial charge on any atom is 0.259 e. The Hall–Kier alpha value is -2.08. The number of nitrogens with one attached hydrogen (secondary N) is 1. The van der Waals surface area contributed by atoms with Gasteiger partial charge in [-0.25, -0.2) is 4.98 Å². The molecule has 0 aliphatic rings. The number of hydrogen-bond acceptors (Lipinski definition) is 4. The van der Waals surface area contributed by atoms with E-state index >= 15 is 0 Å². The van der Waals surface area contributed by atoms with Crippen molar-refractivity contribution in [2.45, 2.75) is 0 Å². The van der Waals surface area contributed by atoms with E-state index < -0.39 is 5.91 Å². The second kappa shape index (κ2) is 5.05. The van der Waals surface area contributed by atoms with E-state index in [-0.39, 0.29) is 11.3 Å². The summed E-state index contributed by atoms with van der Waals surface area (Å²) in [7, 11) is 0. The molecule has 0 unspecified atom stereocenters. The largest absolute Gasteiger partial charge is 0.507 e. The summed E-state index contributed by atoms with van der Waals surface area (Å²) >= 11 is 3.24. The van der Waals surface area contributed by atoms with E-state index in [2.05, 4.69) is 26.2 Å². The Bertz CT molecular complexity index is 584. The number of benzene rings is 1. The number of aromatic hydroxyl groups is 1. The number of anilines is 2. The van der Waals surface area contributed by atoms with Crippen LogP contribution in [0.4, 0.5) is 11.5 Å². The summed E-state index contributed by atoms with van der Waals surface area (Å²) in [6, 6.07) is 7.85. The maximum absolute atomic E-state index is 11.9. The molecule has 0 spiro atoms. The fourth-order valence-electron chi connectivity index (χ4n) is 1.37. The van der Waals surface area contributed by atoms with E-state index in [4.69, 9.17) is 5.73 Å². The van der Waals surface area contributed by atoms with E-state index in [1.165, 1.54) is 18.3 Å². The first kappa shape index (κ1) is 12.4. The predicted molar refractivity (Wildman–Crippen MR) is 72.4 cm³/mol. The lowest BCUT2D eigenvalue weighted by Crippen LogP contribution is -2.12. The Balaban J connectivity index is 2.21. The SMILES string of the molecule is Nc1ccc(NC(=O)c2cc(Br)ccc2O)cn1. The fourth-order valence-corrected chi connectivity index (χ4v) is 1.73. The smallest absolute Gasteiger partial charge is 0.259 e. The van der Waals surface area contributed by atoms with Gasteiger partial charge in [0, 0.05) is 4.47 Å². The van der Waals surface area contributed by atoms with Crippen molar-refractivity contribution in [3.63, 3.8) is 0 Å². The zero-order chi connectivity index (χ0) is 13.1. The number of carbonyl (C=O) groups is 1. The van der Waals surface area contributed by atoms with Crippen LogP contribution in [-0.2, 0) is 0 Å². The monoisotopic (exact) mass is 307 g/mol. The Labute approximate surface area is 112 Å². The third-order valence-electron chi connectivity index (χ3n) is 2.25. The quantitative estimate of drug-likeness (QED) is 0.795. The number of phenolic OH excluding ortho intramolecular Hbond substituents is 1. The molecule has 2 rings (SSSR count). The van der Waals surface area contributed by atoms with Crippen molar-refractivity contribution in [2.24, 2.45) is 0 Å². The van der Waals surface area contributed by atoms with Crippen LogP contribution in [0.15, 0.2) is 41.0 Å². The highest BCUT2D eigenvalue weighted by molar-refractivity contribution is 9.10. The number of halogens is 1. The lowest BCUT2D eigenvalue weighted by atomic mass is 10.2. The summed E-state index contributed by atoms with van der Waals surface area (Å²) in [4.78, 5) is 15.8. The Morgan fingerprint density at radius 1 is 1.33 bits per heavy atom. The molecule has 4 N–H and O–H groups in total. The van der Waals surface area contributed by atoms with Gasteiger partial charge in [0.05, 0.1) is 17.4 Å². The summed E-state index contributed by atoms with van der Waals surface area (Å²) in [5.74, 6) is -0.127. The summed E-state index contributed by atoms with van der Waals surface area (Å²) in [6.45, 7) is 0. The average Bonchev–Trinajstić information content (AvgIpc) is 2.35. The number of nitrogen functional groups attached to an aromatic ring is 1. The third kappa shape index (κ3) is 2.78. The fraction of sp³-hybridized carbons (Fsp3) is 0. The lowest BCUT2D eigenvalue weighted by molar-refractivity contribution is 0.102. The average molecular weight is 308 g/mol. The standard InChI is InChI=1S/C12H10BrN3O2/c13-7-1-3-10(17)9(5-7)12(18)16-8-2-4-11(14)15-6-8/h1-6,17H,(H2,14,15)(H,16,18). The number of carbonyl (C=O) groups excluding carboxylic acids is 1. The molecular formula is C12H10BrN3O2. The van der Waals surface area contributed by atoms with Gasteiger partial charge in [-0.15, -0.1) is 0 Å². The van der Waals surface area contributed by atoms with Crippen molar-refractivity contribution in [3.05, 3.63) is 46.6 Å². The van der Waals surface area contributed by atoms with E-state index in [0.29, 0.717) is 16.0 Å². The molecule has 1 amide bonds. The van der Waals surface area contributed by atoms with E-state index in [1.54, 1.807) is 18.2 Å². The van der Waals surface area contributed by atoms with Gasteiger partial charge in [-0.2, -0.15) is 0 Å². The lowest BCUT2D eigenvalue weighted by Gasteiger charge is -2.07. The van der Waals surface area contributed by atoms with Crippen LogP contribution in [0, 0.1) is 0 Å². The van der Waals surface area contributed by atoms with Crippen LogP contribution in [0.5, 0.6) is 5.75 Å². The zero-order valence-electron chi connectivity index (χ0n) is 9.22. The molecular weight excluding hydrogens is 298 g/mol. The van der Waals surface area contributed by atoms with Gasteiger partial charge in [-0.05, 0) is 30.3 Å². The summed E-state index contributed by atoms with van der Waals surface area (Å²) < 4.78 is 0.709. The number of hydrogen-bond donors (Lipinski definition) is 3. The summed E-state index contributed by atoms with van der Waals surface area (Å²) in [5, 5.41) is 12.2. The minimum absolute atomic E-state index is 0.0842. The molecule has 92 valence electrons. The molecule has 1 aromatic heterocycles. The van der Waals surface area contributed by atoms with Crippen molar-refractivity contribution < 1.29 is 9.90 Å². The number of nitrogens with two attached hydrogens (primary N) is 1. The molecule has 18 heavy (non-hydrogen) atoms. The molecule has 0 atom stereocenters. The van der Waals surface area contributed by atoms with Crippen LogP contribution in [0.3, 0.4) is 0 Å².